The molecule has 23 heavy (non-hydrogen) atoms. The van der Waals surface area contributed by atoms with E-state index in [4.69, 9.17) is 0 Å². The molecule has 3 aromatic rings. The van der Waals surface area contributed by atoms with Crippen molar-refractivity contribution in [1.82, 2.24) is 15.3 Å². The second-order valence-corrected chi connectivity index (χ2v) is 4.79. The molecule has 0 aliphatic heterocycles. The summed E-state index contributed by atoms with van der Waals surface area (Å²) >= 11 is 0. The van der Waals surface area contributed by atoms with E-state index in [9.17, 15) is 13.6 Å². The van der Waals surface area contributed by atoms with E-state index >= 15 is 0 Å². The van der Waals surface area contributed by atoms with Crippen molar-refractivity contribution < 1.29 is 13.6 Å². The number of amides is 2. The van der Waals surface area contributed by atoms with Gasteiger partial charge in [0.05, 0.1) is 5.52 Å². The van der Waals surface area contributed by atoms with Gasteiger partial charge < -0.3 is 5.32 Å². The van der Waals surface area contributed by atoms with Gasteiger partial charge in [-0.2, -0.15) is 0 Å². The Morgan fingerprint density at radius 3 is 2.70 bits per heavy atom. The summed E-state index contributed by atoms with van der Waals surface area (Å²) in [6.45, 7) is 0. The molecular weight excluding hydrogens is 302 g/mol. The predicted molar refractivity (Wildman–Crippen MR) is 83.0 cm³/mol. The Hall–Kier alpha value is -3.09. The first kappa shape index (κ1) is 14.8. The molecule has 5 nitrogen and oxygen atoms in total. The third-order valence-corrected chi connectivity index (χ3v) is 3.30. The van der Waals surface area contributed by atoms with E-state index in [-0.39, 0.29) is 5.82 Å². The standard InChI is InChI=1S/C16H12F2N4O/c1-19-16(23)22-15-11(9-2-3-12(17)13(18)7-9)6-10-8-20-5-4-14(10)21-15/h2-8H,1H3,(H2,19,21,22,23). The predicted octanol–water partition coefficient (Wildman–Crippen LogP) is 3.33. The second kappa shape index (κ2) is 5.96. The van der Waals surface area contributed by atoms with Crippen LogP contribution in [0.25, 0.3) is 22.0 Å². The molecule has 0 saturated heterocycles. The number of hydrogen-bond donors (Lipinski definition) is 2. The smallest absolute Gasteiger partial charge is 0.320 e. The van der Waals surface area contributed by atoms with Crippen molar-refractivity contribution in [3.63, 3.8) is 0 Å². The first-order valence-corrected chi connectivity index (χ1v) is 6.77. The number of urea groups is 1. The van der Waals surface area contributed by atoms with Gasteiger partial charge in [-0.3, -0.25) is 10.3 Å². The minimum atomic E-state index is -0.973. The van der Waals surface area contributed by atoms with Crippen LogP contribution in [0.4, 0.5) is 19.4 Å². The summed E-state index contributed by atoms with van der Waals surface area (Å²) in [5.41, 5.74) is 1.49. The maximum atomic E-state index is 13.5. The molecule has 2 N–H and O–H groups in total. The molecule has 0 fully saturated rings. The van der Waals surface area contributed by atoms with Crippen molar-refractivity contribution in [3.8, 4) is 11.1 Å². The molecule has 2 aromatic heterocycles. The van der Waals surface area contributed by atoms with E-state index in [0.717, 1.165) is 17.5 Å². The Labute approximate surface area is 130 Å². The Balaban J connectivity index is 2.20. The minimum Gasteiger partial charge on any atom is -0.341 e. The second-order valence-electron chi connectivity index (χ2n) is 4.79. The third-order valence-electron chi connectivity index (χ3n) is 3.30. The van der Waals surface area contributed by atoms with Gasteiger partial charge in [0.1, 0.15) is 5.82 Å². The number of fused-ring (bicyclic) bond motifs is 1. The van der Waals surface area contributed by atoms with Crippen molar-refractivity contribution in [1.29, 1.82) is 0 Å². The Morgan fingerprint density at radius 1 is 1.13 bits per heavy atom. The van der Waals surface area contributed by atoms with Gasteiger partial charge in [0, 0.05) is 30.4 Å². The molecule has 1 aromatic carbocycles. The van der Waals surface area contributed by atoms with Crippen molar-refractivity contribution in [2.75, 3.05) is 12.4 Å². The molecule has 0 bridgehead atoms. The number of pyridine rings is 2. The summed E-state index contributed by atoms with van der Waals surface area (Å²) in [5.74, 6) is -1.67. The number of halogens is 2. The zero-order valence-electron chi connectivity index (χ0n) is 12.1. The number of rotatable bonds is 2. The van der Waals surface area contributed by atoms with Crippen molar-refractivity contribution in [3.05, 3.63) is 54.4 Å². The fourth-order valence-corrected chi connectivity index (χ4v) is 2.17. The zero-order valence-corrected chi connectivity index (χ0v) is 12.1. The van der Waals surface area contributed by atoms with Gasteiger partial charge >= 0.3 is 6.03 Å². The fraction of sp³-hybridized carbons (Fsp3) is 0.0625. The van der Waals surface area contributed by atoms with Crippen molar-refractivity contribution in [2.24, 2.45) is 0 Å². The molecule has 0 radical (unpaired) electrons. The van der Waals surface area contributed by atoms with Crippen LogP contribution in [0.15, 0.2) is 42.7 Å². The summed E-state index contributed by atoms with van der Waals surface area (Å²) in [4.78, 5) is 20.0. The lowest BCUT2D eigenvalue weighted by Gasteiger charge is -2.12. The number of carbonyl (C=O) groups excluding carboxylic acids is 1. The quantitative estimate of drug-likeness (QED) is 0.762. The van der Waals surface area contributed by atoms with E-state index in [2.05, 4.69) is 20.6 Å². The van der Waals surface area contributed by atoms with Crippen LogP contribution in [0.1, 0.15) is 0 Å². The highest BCUT2D eigenvalue weighted by Crippen LogP contribution is 2.30. The number of carbonyl (C=O) groups is 1. The largest absolute Gasteiger partial charge is 0.341 e. The number of anilines is 1. The van der Waals surface area contributed by atoms with Crippen molar-refractivity contribution in [2.45, 2.75) is 0 Å². The highest BCUT2D eigenvalue weighted by Gasteiger charge is 2.13. The number of hydrogen-bond acceptors (Lipinski definition) is 3. The Morgan fingerprint density at radius 2 is 1.96 bits per heavy atom. The molecule has 0 saturated carbocycles. The third kappa shape index (κ3) is 2.94. The van der Waals surface area contributed by atoms with Crippen LogP contribution in [0, 0.1) is 11.6 Å². The highest BCUT2D eigenvalue weighted by molar-refractivity contribution is 5.96. The summed E-state index contributed by atoms with van der Waals surface area (Å²) < 4.78 is 26.7. The molecule has 0 aliphatic rings. The van der Waals surface area contributed by atoms with E-state index in [1.165, 1.54) is 13.1 Å². The monoisotopic (exact) mass is 314 g/mol. The van der Waals surface area contributed by atoms with Gasteiger partial charge in [-0.25, -0.2) is 18.6 Å². The molecule has 0 unspecified atom stereocenters. The highest BCUT2D eigenvalue weighted by atomic mass is 19.2. The topological polar surface area (TPSA) is 66.9 Å². The minimum absolute atomic E-state index is 0.244. The lowest BCUT2D eigenvalue weighted by Crippen LogP contribution is -2.25. The molecule has 0 atom stereocenters. The van der Waals surface area contributed by atoms with Crippen LogP contribution in [0.2, 0.25) is 0 Å². The average molecular weight is 314 g/mol. The van der Waals surface area contributed by atoms with Gasteiger partial charge in [-0.1, -0.05) is 6.07 Å². The summed E-state index contributed by atoms with van der Waals surface area (Å²) in [5, 5.41) is 5.73. The van der Waals surface area contributed by atoms with Crippen molar-refractivity contribution >= 4 is 22.8 Å². The van der Waals surface area contributed by atoms with Gasteiger partial charge in [0.15, 0.2) is 11.6 Å². The molecule has 0 aliphatic carbocycles. The fourth-order valence-electron chi connectivity index (χ4n) is 2.17. The van der Waals surface area contributed by atoms with Crippen LogP contribution < -0.4 is 10.6 Å². The lowest BCUT2D eigenvalue weighted by atomic mass is 10.0. The molecule has 2 heterocycles. The number of benzene rings is 1. The molecular formula is C16H12F2N4O. The van der Waals surface area contributed by atoms with Gasteiger partial charge in [-0.05, 0) is 29.8 Å². The molecule has 3 rings (SSSR count). The van der Waals surface area contributed by atoms with Crippen LogP contribution in [0.3, 0.4) is 0 Å². The van der Waals surface area contributed by atoms with Crippen LogP contribution >= 0.6 is 0 Å². The van der Waals surface area contributed by atoms with Crippen LogP contribution in [-0.2, 0) is 0 Å². The number of aromatic nitrogens is 2. The molecule has 7 heteroatoms. The van der Waals surface area contributed by atoms with E-state index < -0.39 is 17.7 Å². The Kier molecular flexibility index (Phi) is 3.84. The molecule has 2 amide bonds. The number of nitrogens with one attached hydrogen (secondary N) is 2. The van der Waals surface area contributed by atoms with Gasteiger partial charge in [0.25, 0.3) is 0 Å². The Bertz CT molecular complexity index is 898. The van der Waals surface area contributed by atoms with E-state index in [1.54, 1.807) is 24.5 Å². The van der Waals surface area contributed by atoms with Gasteiger partial charge in [-0.15, -0.1) is 0 Å². The maximum absolute atomic E-state index is 13.5. The van der Waals surface area contributed by atoms with Crippen LogP contribution in [0.5, 0.6) is 0 Å². The summed E-state index contributed by atoms with van der Waals surface area (Å²) in [6.07, 6.45) is 3.19. The van der Waals surface area contributed by atoms with E-state index in [0.29, 0.717) is 16.6 Å². The lowest BCUT2D eigenvalue weighted by molar-refractivity contribution is 0.254. The zero-order chi connectivity index (χ0) is 16.4. The SMILES string of the molecule is CNC(=O)Nc1nc2ccncc2cc1-c1ccc(F)c(F)c1. The van der Waals surface area contributed by atoms with Crippen LogP contribution in [-0.4, -0.2) is 23.0 Å². The maximum Gasteiger partial charge on any atom is 0.320 e. The first-order valence-electron chi connectivity index (χ1n) is 6.77. The summed E-state index contributed by atoms with van der Waals surface area (Å²) in [6, 6.07) is 6.46. The molecule has 0 spiro atoms. The van der Waals surface area contributed by atoms with E-state index in [1.807, 2.05) is 0 Å². The molecule has 116 valence electrons. The normalized spacial score (nSPS) is 10.6. The number of nitrogens with zero attached hydrogens (tertiary/aromatic N) is 2. The van der Waals surface area contributed by atoms with Gasteiger partial charge in [0.2, 0.25) is 0 Å². The first-order chi connectivity index (χ1) is 11.1. The summed E-state index contributed by atoms with van der Waals surface area (Å²) in [7, 11) is 1.47. The average Bonchev–Trinajstić information content (AvgIpc) is 2.56.